The molecule has 0 radical (unpaired) electrons. The summed E-state index contributed by atoms with van der Waals surface area (Å²) in [6.07, 6.45) is 3.85. The van der Waals surface area contributed by atoms with E-state index in [1.807, 2.05) is 18.5 Å². The number of aromatic nitrogens is 2. The summed E-state index contributed by atoms with van der Waals surface area (Å²) in [7, 11) is 1.79. The molecule has 0 aliphatic rings. The second-order valence-corrected chi connectivity index (χ2v) is 7.32. The summed E-state index contributed by atoms with van der Waals surface area (Å²) in [5.41, 5.74) is 2.51. The van der Waals surface area contributed by atoms with E-state index in [4.69, 9.17) is 0 Å². The topological polar surface area (TPSA) is 54.2 Å². The van der Waals surface area contributed by atoms with E-state index in [1.54, 1.807) is 7.05 Å². The molecule has 0 amide bonds. The van der Waals surface area contributed by atoms with Gasteiger partial charge in [0.15, 0.2) is 5.96 Å². The second kappa shape index (κ2) is 9.27. The first-order valence-corrected chi connectivity index (χ1v) is 10.2. The van der Waals surface area contributed by atoms with E-state index in [9.17, 15) is 0 Å². The normalized spacial score (nSPS) is 12.7. The smallest absolute Gasteiger partial charge is 0.191 e. The number of guanidine groups is 1. The van der Waals surface area contributed by atoms with Gasteiger partial charge in [-0.05, 0) is 28.8 Å². The number of nitrogens with one attached hydrogen (secondary N) is 2. The Kier molecular flexibility index (Phi) is 6.09. The molecule has 0 aliphatic heterocycles. The van der Waals surface area contributed by atoms with Crippen molar-refractivity contribution < 1.29 is 0 Å². The summed E-state index contributed by atoms with van der Waals surface area (Å²) in [6.45, 7) is 3.56. The Morgan fingerprint density at radius 1 is 1.00 bits per heavy atom. The molecule has 0 fully saturated rings. The standard InChI is InChI=1S/C25H27N5/c1-19(22-14-8-12-21-11-6-7-13-23(21)22)29-25(26-2)28-17-24-27-15-16-30(24)18-20-9-4-3-5-10-20/h3-16,19H,17-18H2,1-2H3,(H2,26,28,29). The zero-order valence-corrected chi connectivity index (χ0v) is 17.4. The molecule has 2 N–H and O–H groups in total. The van der Waals surface area contributed by atoms with Gasteiger partial charge in [-0.3, -0.25) is 4.99 Å². The number of hydrogen-bond donors (Lipinski definition) is 2. The number of aliphatic imine (C=N–C) groups is 1. The van der Waals surface area contributed by atoms with Crippen molar-refractivity contribution in [2.45, 2.75) is 26.1 Å². The van der Waals surface area contributed by atoms with E-state index < -0.39 is 0 Å². The van der Waals surface area contributed by atoms with Crippen LogP contribution in [0, 0.1) is 0 Å². The van der Waals surface area contributed by atoms with Gasteiger partial charge in [-0.1, -0.05) is 72.8 Å². The maximum absolute atomic E-state index is 4.51. The number of benzene rings is 3. The third kappa shape index (κ3) is 4.51. The average Bonchev–Trinajstić information content (AvgIpc) is 3.23. The van der Waals surface area contributed by atoms with Crippen LogP contribution in [0.15, 0.2) is 90.2 Å². The third-order valence-electron chi connectivity index (χ3n) is 5.28. The van der Waals surface area contributed by atoms with E-state index in [0.29, 0.717) is 6.54 Å². The molecule has 152 valence electrons. The molecule has 0 aliphatic carbocycles. The molecule has 1 aromatic heterocycles. The fourth-order valence-electron chi connectivity index (χ4n) is 3.70. The van der Waals surface area contributed by atoms with Gasteiger partial charge in [0.2, 0.25) is 0 Å². The van der Waals surface area contributed by atoms with E-state index in [1.165, 1.54) is 21.9 Å². The monoisotopic (exact) mass is 397 g/mol. The van der Waals surface area contributed by atoms with Crippen LogP contribution in [0.1, 0.15) is 29.9 Å². The van der Waals surface area contributed by atoms with Gasteiger partial charge in [-0.15, -0.1) is 0 Å². The van der Waals surface area contributed by atoms with E-state index in [0.717, 1.165) is 18.3 Å². The first-order valence-electron chi connectivity index (χ1n) is 10.2. The number of nitrogens with zero attached hydrogens (tertiary/aromatic N) is 3. The van der Waals surface area contributed by atoms with Gasteiger partial charge in [0.05, 0.1) is 12.6 Å². The minimum Gasteiger partial charge on any atom is -0.350 e. The summed E-state index contributed by atoms with van der Waals surface area (Å²) >= 11 is 0. The van der Waals surface area contributed by atoms with Crippen LogP contribution >= 0.6 is 0 Å². The number of imidazole rings is 1. The molecule has 5 heteroatoms. The number of rotatable bonds is 6. The fourth-order valence-corrected chi connectivity index (χ4v) is 3.70. The lowest BCUT2D eigenvalue weighted by atomic mass is 10.00. The molecule has 4 rings (SSSR count). The van der Waals surface area contributed by atoms with Crippen molar-refractivity contribution in [2.75, 3.05) is 7.05 Å². The molecule has 30 heavy (non-hydrogen) atoms. The van der Waals surface area contributed by atoms with E-state index in [2.05, 4.69) is 98.8 Å². The predicted octanol–water partition coefficient (Wildman–Crippen LogP) is 4.51. The Labute approximate surface area is 177 Å². The van der Waals surface area contributed by atoms with Crippen LogP contribution in [0.25, 0.3) is 10.8 Å². The largest absolute Gasteiger partial charge is 0.350 e. The lowest BCUT2D eigenvalue weighted by Gasteiger charge is -2.20. The summed E-state index contributed by atoms with van der Waals surface area (Å²) in [5, 5.41) is 9.41. The molecule has 5 nitrogen and oxygen atoms in total. The zero-order valence-electron chi connectivity index (χ0n) is 17.4. The molecule has 0 saturated heterocycles. The van der Waals surface area contributed by atoms with Gasteiger partial charge >= 0.3 is 0 Å². The summed E-state index contributed by atoms with van der Waals surface area (Å²) in [5.74, 6) is 1.73. The lowest BCUT2D eigenvalue weighted by Crippen LogP contribution is -2.38. The van der Waals surface area contributed by atoms with Crippen molar-refractivity contribution in [1.29, 1.82) is 0 Å². The van der Waals surface area contributed by atoms with Crippen molar-refractivity contribution in [2.24, 2.45) is 4.99 Å². The molecule has 0 bridgehead atoms. The fraction of sp³-hybridized carbons (Fsp3) is 0.200. The molecule has 0 spiro atoms. The molecular formula is C25H27N5. The van der Waals surface area contributed by atoms with Gasteiger partial charge in [-0.2, -0.15) is 0 Å². The highest BCUT2D eigenvalue weighted by molar-refractivity contribution is 5.87. The summed E-state index contributed by atoms with van der Waals surface area (Å²) < 4.78 is 2.16. The Bertz CT molecular complexity index is 1130. The third-order valence-corrected chi connectivity index (χ3v) is 5.28. The molecule has 1 unspecified atom stereocenters. The van der Waals surface area contributed by atoms with Gasteiger partial charge in [-0.25, -0.2) is 4.98 Å². The van der Waals surface area contributed by atoms with E-state index >= 15 is 0 Å². The number of fused-ring (bicyclic) bond motifs is 1. The van der Waals surface area contributed by atoms with Crippen molar-refractivity contribution in [3.05, 3.63) is 102 Å². The van der Waals surface area contributed by atoms with Crippen LogP contribution in [0.5, 0.6) is 0 Å². The highest BCUT2D eigenvalue weighted by Crippen LogP contribution is 2.23. The van der Waals surface area contributed by atoms with Crippen molar-refractivity contribution in [3.63, 3.8) is 0 Å². The molecule has 1 atom stereocenters. The Morgan fingerprint density at radius 2 is 1.77 bits per heavy atom. The van der Waals surface area contributed by atoms with Crippen LogP contribution < -0.4 is 10.6 Å². The van der Waals surface area contributed by atoms with Crippen LogP contribution in [-0.4, -0.2) is 22.6 Å². The highest BCUT2D eigenvalue weighted by Gasteiger charge is 2.12. The van der Waals surface area contributed by atoms with Crippen LogP contribution in [0.2, 0.25) is 0 Å². The Balaban J connectivity index is 1.42. The Hall–Kier alpha value is -3.60. The number of hydrogen-bond acceptors (Lipinski definition) is 2. The molecule has 1 heterocycles. The van der Waals surface area contributed by atoms with Gasteiger partial charge in [0.25, 0.3) is 0 Å². The van der Waals surface area contributed by atoms with Crippen molar-refractivity contribution in [3.8, 4) is 0 Å². The maximum Gasteiger partial charge on any atom is 0.191 e. The Morgan fingerprint density at radius 3 is 2.60 bits per heavy atom. The quantitative estimate of drug-likeness (QED) is 0.372. The van der Waals surface area contributed by atoms with Gasteiger partial charge in [0.1, 0.15) is 5.82 Å². The van der Waals surface area contributed by atoms with Crippen LogP contribution in [0.4, 0.5) is 0 Å². The first-order chi connectivity index (χ1) is 14.7. The van der Waals surface area contributed by atoms with Gasteiger partial charge < -0.3 is 15.2 Å². The van der Waals surface area contributed by atoms with Crippen molar-refractivity contribution >= 4 is 16.7 Å². The van der Waals surface area contributed by atoms with Crippen LogP contribution in [-0.2, 0) is 13.1 Å². The summed E-state index contributed by atoms with van der Waals surface area (Å²) in [6, 6.07) is 25.4. The van der Waals surface area contributed by atoms with Crippen molar-refractivity contribution in [1.82, 2.24) is 20.2 Å². The second-order valence-electron chi connectivity index (χ2n) is 7.32. The first kappa shape index (κ1) is 19.7. The SMILES string of the molecule is CN=C(NCc1nccn1Cc1ccccc1)NC(C)c1cccc2ccccc12. The lowest BCUT2D eigenvalue weighted by molar-refractivity contribution is 0.660. The highest BCUT2D eigenvalue weighted by atomic mass is 15.2. The minimum absolute atomic E-state index is 0.117. The molecular weight excluding hydrogens is 370 g/mol. The van der Waals surface area contributed by atoms with Crippen LogP contribution in [0.3, 0.4) is 0 Å². The molecule has 4 aromatic rings. The van der Waals surface area contributed by atoms with E-state index in [-0.39, 0.29) is 6.04 Å². The summed E-state index contributed by atoms with van der Waals surface area (Å²) in [4.78, 5) is 8.92. The predicted molar refractivity (Wildman–Crippen MR) is 123 cm³/mol. The minimum atomic E-state index is 0.117. The zero-order chi connectivity index (χ0) is 20.8. The average molecular weight is 398 g/mol. The molecule has 3 aromatic carbocycles. The van der Waals surface area contributed by atoms with Gasteiger partial charge in [0, 0.05) is 26.0 Å². The maximum atomic E-state index is 4.51. The molecule has 0 saturated carbocycles.